The summed E-state index contributed by atoms with van der Waals surface area (Å²) in [6.07, 6.45) is 12.4. The van der Waals surface area contributed by atoms with Crippen LogP contribution in [0.25, 0.3) is 0 Å². The zero-order chi connectivity index (χ0) is 12.3. The van der Waals surface area contributed by atoms with Gasteiger partial charge in [-0.05, 0) is 50.4 Å². The Labute approximate surface area is 105 Å². The first-order valence-corrected chi connectivity index (χ1v) is 7.09. The number of carbonyl (C=O) groups excluding carboxylic acids is 1. The second-order valence-electron chi connectivity index (χ2n) is 5.89. The van der Waals surface area contributed by atoms with Gasteiger partial charge in [0.25, 0.3) is 0 Å². The molecular weight excluding hydrogens is 210 g/mol. The molecule has 0 N–H and O–H groups in total. The molecule has 2 nitrogen and oxygen atoms in total. The van der Waals surface area contributed by atoms with Gasteiger partial charge < -0.3 is 4.90 Å². The fourth-order valence-corrected chi connectivity index (χ4v) is 3.07. The second-order valence-corrected chi connectivity index (χ2v) is 5.89. The molecule has 2 rings (SSSR count). The van der Waals surface area contributed by atoms with Gasteiger partial charge in [-0.1, -0.05) is 19.1 Å². The molecule has 2 heteroatoms. The van der Waals surface area contributed by atoms with Crippen LogP contribution in [0.2, 0.25) is 0 Å². The van der Waals surface area contributed by atoms with Gasteiger partial charge in [-0.15, -0.1) is 0 Å². The van der Waals surface area contributed by atoms with E-state index in [1.165, 1.54) is 32.1 Å². The van der Waals surface area contributed by atoms with Crippen molar-refractivity contribution in [2.24, 2.45) is 11.8 Å². The number of amides is 1. The predicted octanol–water partition coefficient (Wildman–Crippen LogP) is 3.38. The van der Waals surface area contributed by atoms with Crippen LogP contribution in [0.4, 0.5) is 0 Å². The van der Waals surface area contributed by atoms with E-state index < -0.39 is 0 Å². The Balaban J connectivity index is 1.80. The van der Waals surface area contributed by atoms with Gasteiger partial charge in [0.15, 0.2) is 0 Å². The van der Waals surface area contributed by atoms with E-state index >= 15 is 0 Å². The first-order chi connectivity index (χ1) is 8.16. The molecule has 0 saturated heterocycles. The maximum Gasteiger partial charge on any atom is 0.223 e. The summed E-state index contributed by atoms with van der Waals surface area (Å²) in [6, 6.07) is 0.504. The zero-order valence-corrected chi connectivity index (χ0v) is 11.2. The Morgan fingerprint density at radius 1 is 1.24 bits per heavy atom. The quantitative estimate of drug-likeness (QED) is 0.687. The fourth-order valence-electron chi connectivity index (χ4n) is 3.07. The minimum atomic E-state index is 0.348. The molecule has 96 valence electrons. The third kappa shape index (κ3) is 3.34. The fraction of sp³-hybridized carbons (Fsp3) is 0.800. The van der Waals surface area contributed by atoms with E-state index in [4.69, 9.17) is 0 Å². The van der Waals surface area contributed by atoms with Crippen LogP contribution < -0.4 is 0 Å². The Morgan fingerprint density at radius 2 is 1.94 bits per heavy atom. The summed E-state index contributed by atoms with van der Waals surface area (Å²) in [6.45, 7) is 2.32. The number of hydrogen-bond acceptors (Lipinski definition) is 1. The molecule has 1 amide bonds. The maximum absolute atomic E-state index is 12.2. The molecule has 0 aromatic carbocycles. The lowest BCUT2D eigenvalue weighted by Crippen LogP contribution is -2.39. The third-order valence-electron chi connectivity index (χ3n) is 4.48. The summed E-state index contributed by atoms with van der Waals surface area (Å²) < 4.78 is 0. The van der Waals surface area contributed by atoms with Crippen molar-refractivity contribution in [1.82, 2.24) is 4.90 Å². The monoisotopic (exact) mass is 235 g/mol. The van der Waals surface area contributed by atoms with Crippen LogP contribution in [0.5, 0.6) is 0 Å². The molecule has 0 aromatic rings. The average Bonchev–Trinajstić information content (AvgIpc) is 2.82. The van der Waals surface area contributed by atoms with Gasteiger partial charge in [-0.25, -0.2) is 0 Å². The summed E-state index contributed by atoms with van der Waals surface area (Å²) in [5.74, 6) is 1.71. The number of carbonyl (C=O) groups is 1. The summed E-state index contributed by atoms with van der Waals surface area (Å²) in [4.78, 5) is 14.2. The van der Waals surface area contributed by atoms with Crippen LogP contribution in [0.1, 0.15) is 51.9 Å². The molecule has 2 aliphatic rings. The lowest BCUT2D eigenvalue weighted by Gasteiger charge is -2.34. The van der Waals surface area contributed by atoms with Crippen LogP contribution in [-0.4, -0.2) is 23.9 Å². The van der Waals surface area contributed by atoms with E-state index in [-0.39, 0.29) is 0 Å². The highest BCUT2D eigenvalue weighted by Crippen LogP contribution is 2.28. The molecule has 0 spiro atoms. The molecule has 1 atom stereocenters. The van der Waals surface area contributed by atoms with E-state index in [0.717, 1.165) is 18.8 Å². The molecule has 0 heterocycles. The van der Waals surface area contributed by atoms with Gasteiger partial charge in [0.1, 0.15) is 0 Å². The van der Waals surface area contributed by atoms with Gasteiger partial charge >= 0.3 is 0 Å². The lowest BCUT2D eigenvalue weighted by molar-refractivity contribution is -0.133. The molecule has 1 unspecified atom stereocenters. The summed E-state index contributed by atoms with van der Waals surface area (Å²) in [7, 11) is 2.00. The van der Waals surface area contributed by atoms with E-state index in [1.807, 2.05) is 11.9 Å². The van der Waals surface area contributed by atoms with Gasteiger partial charge in [0, 0.05) is 19.5 Å². The zero-order valence-electron chi connectivity index (χ0n) is 11.2. The van der Waals surface area contributed by atoms with E-state index in [9.17, 15) is 4.79 Å². The Hall–Kier alpha value is -0.790. The Morgan fingerprint density at radius 3 is 2.53 bits per heavy atom. The Bertz CT molecular complexity index is 289. The highest BCUT2D eigenvalue weighted by molar-refractivity contribution is 5.76. The smallest absolute Gasteiger partial charge is 0.223 e. The first-order valence-electron chi connectivity index (χ1n) is 7.09. The molecule has 0 radical (unpaired) electrons. The highest BCUT2D eigenvalue weighted by Gasteiger charge is 2.26. The van der Waals surface area contributed by atoms with Crippen LogP contribution in [0.3, 0.4) is 0 Å². The van der Waals surface area contributed by atoms with E-state index in [2.05, 4.69) is 19.1 Å². The summed E-state index contributed by atoms with van der Waals surface area (Å²) in [5.41, 5.74) is 0. The van der Waals surface area contributed by atoms with E-state index in [0.29, 0.717) is 17.9 Å². The molecule has 1 fully saturated rings. The second kappa shape index (κ2) is 5.70. The number of allylic oxidation sites excluding steroid dienone is 2. The van der Waals surface area contributed by atoms with Crippen molar-refractivity contribution in [2.75, 3.05) is 7.05 Å². The minimum absolute atomic E-state index is 0.348. The SMILES string of the molecule is CC1CCC(N(C)C(=O)CC2C=CCC2)CC1. The molecular formula is C15H25NO. The van der Waals surface area contributed by atoms with Crippen molar-refractivity contribution >= 4 is 5.91 Å². The topological polar surface area (TPSA) is 20.3 Å². The van der Waals surface area contributed by atoms with Gasteiger partial charge in [-0.3, -0.25) is 4.79 Å². The third-order valence-corrected chi connectivity index (χ3v) is 4.48. The lowest BCUT2D eigenvalue weighted by atomic mass is 9.86. The van der Waals surface area contributed by atoms with Crippen molar-refractivity contribution in [2.45, 2.75) is 57.9 Å². The minimum Gasteiger partial charge on any atom is -0.343 e. The molecule has 0 aromatic heterocycles. The van der Waals surface area contributed by atoms with E-state index in [1.54, 1.807) is 0 Å². The maximum atomic E-state index is 12.2. The van der Waals surface area contributed by atoms with Crippen molar-refractivity contribution < 1.29 is 4.79 Å². The Kier molecular flexibility index (Phi) is 4.25. The molecule has 1 saturated carbocycles. The van der Waals surface area contributed by atoms with Gasteiger partial charge in [0.2, 0.25) is 5.91 Å². The number of hydrogen-bond donors (Lipinski definition) is 0. The van der Waals surface area contributed by atoms with Crippen LogP contribution in [0.15, 0.2) is 12.2 Å². The number of nitrogens with zero attached hydrogens (tertiary/aromatic N) is 1. The predicted molar refractivity (Wildman–Crippen MR) is 70.7 cm³/mol. The largest absolute Gasteiger partial charge is 0.343 e. The van der Waals surface area contributed by atoms with Crippen LogP contribution >= 0.6 is 0 Å². The van der Waals surface area contributed by atoms with Crippen molar-refractivity contribution in [3.8, 4) is 0 Å². The number of rotatable bonds is 3. The van der Waals surface area contributed by atoms with Gasteiger partial charge in [0.05, 0.1) is 0 Å². The first kappa shape index (κ1) is 12.7. The molecule has 0 bridgehead atoms. The summed E-state index contributed by atoms with van der Waals surface area (Å²) >= 11 is 0. The van der Waals surface area contributed by atoms with Crippen molar-refractivity contribution in [1.29, 1.82) is 0 Å². The van der Waals surface area contributed by atoms with Crippen molar-refractivity contribution in [3.05, 3.63) is 12.2 Å². The van der Waals surface area contributed by atoms with Crippen LogP contribution in [0, 0.1) is 11.8 Å². The van der Waals surface area contributed by atoms with Gasteiger partial charge in [-0.2, -0.15) is 0 Å². The highest BCUT2D eigenvalue weighted by atomic mass is 16.2. The average molecular weight is 235 g/mol. The molecule has 0 aliphatic heterocycles. The normalized spacial score (nSPS) is 32.7. The molecule has 17 heavy (non-hydrogen) atoms. The van der Waals surface area contributed by atoms with Crippen LogP contribution in [-0.2, 0) is 4.79 Å². The standard InChI is InChI=1S/C15H25NO/c1-12-7-9-14(10-8-12)16(2)15(17)11-13-5-3-4-6-13/h3,5,12-14H,4,6-11H2,1-2H3. The van der Waals surface area contributed by atoms with Crippen molar-refractivity contribution in [3.63, 3.8) is 0 Å². The summed E-state index contributed by atoms with van der Waals surface area (Å²) in [5, 5.41) is 0. The molecule has 2 aliphatic carbocycles.